The van der Waals surface area contributed by atoms with Crippen LogP contribution in [0.1, 0.15) is 29.9 Å². The molecule has 132 valence electrons. The predicted octanol–water partition coefficient (Wildman–Crippen LogP) is 3.87. The smallest absolute Gasteiger partial charge is 0.191 e. The van der Waals surface area contributed by atoms with Gasteiger partial charge in [0.25, 0.3) is 0 Å². The van der Waals surface area contributed by atoms with Crippen molar-refractivity contribution in [3.05, 3.63) is 71.2 Å². The van der Waals surface area contributed by atoms with Crippen molar-refractivity contribution in [2.24, 2.45) is 4.99 Å². The van der Waals surface area contributed by atoms with E-state index in [-0.39, 0.29) is 18.4 Å². The lowest BCUT2D eigenvalue weighted by molar-refractivity contribution is 0.488. The van der Waals surface area contributed by atoms with Crippen LogP contribution in [0.15, 0.2) is 57.9 Å². The molecule has 1 atom stereocenters. The van der Waals surface area contributed by atoms with Crippen molar-refractivity contribution in [3.63, 3.8) is 0 Å². The van der Waals surface area contributed by atoms with Crippen LogP contribution in [0.5, 0.6) is 0 Å². The molecule has 1 unspecified atom stereocenters. The SMILES string of the molecule is CN=C(NCc1cc(C#N)ccc1F)NC(C)c1cc2ccccc2o1. The van der Waals surface area contributed by atoms with Gasteiger partial charge in [0, 0.05) is 24.5 Å². The second kappa shape index (κ2) is 7.70. The molecule has 0 saturated carbocycles. The van der Waals surface area contributed by atoms with E-state index in [1.54, 1.807) is 7.05 Å². The summed E-state index contributed by atoms with van der Waals surface area (Å²) in [6.07, 6.45) is 0. The van der Waals surface area contributed by atoms with Crippen LogP contribution in [0, 0.1) is 17.1 Å². The first-order valence-corrected chi connectivity index (χ1v) is 8.25. The van der Waals surface area contributed by atoms with Crippen LogP contribution in [-0.4, -0.2) is 13.0 Å². The Morgan fingerprint density at radius 1 is 1.27 bits per heavy atom. The van der Waals surface area contributed by atoms with Crippen molar-refractivity contribution in [3.8, 4) is 6.07 Å². The van der Waals surface area contributed by atoms with Crippen LogP contribution in [-0.2, 0) is 6.54 Å². The molecule has 0 aliphatic heterocycles. The fraction of sp³-hybridized carbons (Fsp3) is 0.200. The quantitative estimate of drug-likeness (QED) is 0.553. The molecule has 3 rings (SSSR count). The summed E-state index contributed by atoms with van der Waals surface area (Å²) in [7, 11) is 1.64. The standard InChI is InChI=1S/C20H19FN4O/c1-13(19-10-15-5-3-4-6-18(15)26-19)25-20(23-2)24-12-16-9-14(11-22)7-8-17(16)21/h3-10,13H,12H2,1-2H3,(H2,23,24,25). The minimum Gasteiger partial charge on any atom is -0.459 e. The normalized spacial score (nSPS) is 12.6. The molecule has 0 aliphatic rings. The van der Waals surface area contributed by atoms with Gasteiger partial charge in [-0.3, -0.25) is 4.99 Å². The summed E-state index contributed by atoms with van der Waals surface area (Å²) >= 11 is 0. The monoisotopic (exact) mass is 350 g/mol. The Bertz CT molecular complexity index is 954. The van der Waals surface area contributed by atoms with Gasteiger partial charge < -0.3 is 15.1 Å². The van der Waals surface area contributed by atoms with Crippen molar-refractivity contribution in [2.45, 2.75) is 19.5 Å². The van der Waals surface area contributed by atoms with Gasteiger partial charge >= 0.3 is 0 Å². The number of nitriles is 1. The van der Waals surface area contributed by atoms with Gasteiger partial charge in [0.2, 0.25) is 0 Å². The number of fused-ring (bicyclic) bond motifs is 1. The zero-order chi connectivity index (χ0) is 18.5. The van der Waals surface area contributed by atoms with Crippen LogP contribution < -0.4 is 10.6 Å². The number of benzene rings is 2. The Morgan fingerprint density at radius 3 is 2.81 bits per heavy atom. The average Bonchev–Trinajstić information content (AvgIpc) is 3.10. The lowest BCUT2D eigenvalue weighted by atomic mass is 10.1. The molecule has 2 N–H and O–H groups in total. The summed E-state index contributed by atoms with van der Waals surface area (Å²) < 4.78 is 19.7. The van der Waals surface area contributed by atoms with E-state index in [1.807, 2.05) is 43.3 Å². The van der Waals surface area contributed by atoms with Gasteiger partial charge in [-0.25, -0.2) is 4.39 Å². The molecule has 0 amide bonds. The van der Waals surface area contributed by atoms with Crippen molar-refractivity contribution in [1.82, 2.24) is 10.6 Å². The molecule has 6 heteroatoms. The Hall–Kier alpha value is -3.33. The van der Waals surface area contributed by atoms with Crippen molar-refractivity contribution in [1.29, 1.82) is 5.26 Å². The lowest BCUT2D eigenvalue weighted by Crippen LogP contribution is -2.38. The number of hydrogen-bond acceptors (Lipinski definition) is 3. The maximum atomic E-state index is 13.9. The van der Waals surface area contributed by atoms with E-state index < -0.39 is 0 Å². The summed E-state index contributed by atoms with van der Waals surface area (Å²) in [4.78, 5) is 4.16. The summed E-state index contributed by atoms with van der Waals surface area (Å²) in [5.41, 5.74) is 1.65. The average molecular weight is 350 g/mol. The van der Waals surface area contributed by atoms with Crippen molar-refractivity contribution >= 4 is 16.9 Å². The van der Waals surface area contributed by atoms with E-state index in [9.17, 15) is 4.39 Å². The first-order chi connectivity index (χ1) is 12.6. The summed E-state index contributed by atoms with van der Waals surface area (Å²) in [5, 5.41) is 16.3. The molecule has 0 aliphatic carbocycles. The zero-order valence-electron chi connectivity index (χ0n) is 14.6. The number of nitrogens with zero attached hydrogens (tertiary/aromatic N) is 2. The highest BCUT2D eigenvalue weighted by molar-refractivity contribution is 5.81. The molecule has 26 heavy (non-hydrogen) atoms. The number of aliphatic imine (C=N–C) groups is 1. The Kier molecular flexibility index (Phi) is 5.18. The Morgan fingerprint density at radius 2 is 2.08 bits per heavy atom. The molecule has 2 aromatic carbocycles. The van der Waals surface area contributed by atoms with Crippen LogP contribution in [0.2, 0.25) is 0 Å². The number of halogens is 1. The topological polar surface area (TPSA) is 73.3 Å². The highest BCUT2D eigenvalue weighted by Crippen LogP contribution is 2.23. The molecule has 3 aromatic rings. The Labute approximate surface area is 151 Å². The third kappa shape index (κ3) is 3.83. The summed E-state index contributed by atoms with van der Waals surface area (Å²) in [6, 6.07) is 15.9. The molecule has 5 nitrogen and oxygen atoms in total. The fourth-order valence-corrected chi connectivity index (χ4v) is 2.65. The second-order valence-electron chi connectivity index (χ2n) is 5.90. The van der Waals surface area contributed by atoms with Crippen LogP contribution >= 0.6 is 0 Å². The summed E-state index contributed by atoms with van der Waals surface area (Å²) in [6.45, 7) is 2.18. The largest absolute Gasteiger partial charge is 0.459 e. The Balaban J connectivity index is 1.67. The zero-order valence-corrected chi connectivity index (χ0v) is 14.6. The molecule has 0 radical (unpaired) electrons. The number of para-hydroxylation sites is 1. The van der Waals surface area contributed by atoms with Gasteiger partial charge in [-0.1, -0.05) is 18.2 Å². The molecule has 0 spiro atoms. The first-order valence-electron chi connectivity index (χ1n) is 8.25. The lowest BCUT2D eigenvalue weighted by Gasteiger charge is -2.16. The maximum Gasteiger partial charge on any atom is 0.191 e. The highest BCUT2D eigenvalue weighted by Gasteiger charge is 2.13. The minimum absolute atomic E-state index is 0.121. The minimum atomic E-state index is -0.364. The van der Waals surface area contributed by atoms with Crippen LogP contribution in [0.25, 0.3) is 11.0 Å². The van der Waals surface area contributed by atoms with Gasteiger partial charge in [0.15, 0.2) is 5.96 Å². The molecule has 0 saturated heterocycles. The molecule has 0 bridgehead atoms. The maximum absolute atomic E-state index is 13.9. The number of hydrogen-bond donors (Lipinski definition) is 2. The van der Waals surface area contributed by atoms with E-state index in [0.717, 1.165) is 16.7 Å². The van der Waals surface area contributed by atoms with Gasteiger partial charge in [0.1, 0.15) is 17.2 Å². The first kappa shape index (κ1) is 17.5. The van der Waals surface area contributed by atoms with Crippen molar-refractivity contribution in [2.75, 3.05) is 7.05 Å². The van der Waals surface area contributed by atoms with E-state index in [4.69, 9.17) is 9.68 Å². The van der Waals surface area contributed by atoms with Gasteiger partial charge in [-0.05, 0) is 37.3 Å². The highest BCUT2D eigenvalue weighted by atomic mass is 19.1. The number of furan rings is 1. The second-order valence-corrected chi connectivity index (χ2v) is 5.90. The third-order valence-electron chi connectivity index (χ3n) is 4.07. The van der Waals surface area contributed by atoms with Crippen LogP contribution in [0.4, 0.5) is 4.39 Å². The van der Waals surface area contributed by atoms with Crippen molar-refractivity contribution < 1.29 is 8.81 Å². The van der Waals surface area contributed by atoms with E-state index >= 15 is 0 Å². The van der Waals surface area contributed by atoms with E-state index in [2.05, 4.69) is 15.6 Å². The number of guanidine groups is 1. The van der Waals surface area contributed by atoms with E-state index in [1.165, 1.54) is 18.2 Å². The fourth-order valence-electron chi connectivity index (χ4n) is 2.65. The van der Waals surface area contributed by atoms with Gasteiger partial charge in [-0.15, -0.1) is 0 Å². The summed E-state index contributed by atoms with van der Waals surface area (Å²) in [5.74, 6) is 0.934. The number of rotatable bonds is 4. The third-order valence-corrected chi connectivity index (χ3v) is 4.07. The molecule has 1 heterocycles. The molecule has 0 fully saturated rings. The van der Waals surface area contributed by atoms with Gasteiger partial charge in [-0.2, -0.15) is 5.26 Å². The molecular weight excluding hydrogens is 331 g/mol. The number of nitrogens with one attached hydrogen (secondary N) is 2. The van der Waals surface area contributed by atoms with Gasteiger partial charge in [0.05, 0.1) is 17.7 Å². The van der Waals surface area contributed by atoms with E-state index in [0.29, 0.717) is 17.1 Å². The molecular formula is C20H19FN4O. The molecule has 1 aromatic heterocycles. The predicted molar refractivity (Wildman–Crippen MR) is 99.1 cm³/mol. The van der Waals surface area contributed by atoms with Crippen LogP contribution in [0.3, 0.4) is 0 Å².